The second kappa shape index (κ2) is 7.66. The van der Waals surface area contributed by atoms with Gasteiger partial charge in [-0.1, -0.05) is 0 Å². The minimum absolute atomic E-state index is 0.0189. The average Bonchev–Trinajstić information content (AvgIpc) is 3.27. The average molecular weight is 332 g/mol. The number of hydrogen-bond acceptors (Lipinski definition) is 5. The van der Waals surface area contributed by atoms with Crippen molar-refractivity contribution in [3.8, 4) is 0 Å². The van der Waals surface area contributed by atoms with E-state index in [0.717, 1.165) is 30.2 Å². The van der Waals surface area contributed by atoms with Crippen LogP contribution in [0.3, 0.4) is 0 Å². The molecule has 1 unspecified atom stereocenters. The van der Waals surface area contributed by atoms with Gasteiger partial charge in [-0.05, 0) is 43.4 Å². The Morgan fingerprint density at radius 2 is 2.39 bits per heavy atom. The highest BCUT2D eigenvalue weighted by Gasteiger charge is 2.24. The highest BCUT2D eigenvalue weighted by Crippen LogP contribution is 2.19. The number of carbonyl (C=O) groups is 1. The van der Waals surface area contributed by atoms with Crippen LogP contribution in [0.1, 0.15) is 29.0 Å². The van der Waals surface area contributed by atoms with Gasteiger partial charge >= 0.3 is 0 Å². The second-order valence-electron chi connectivity index (χ2n) is 5.49. The molecule has 1 aliphatic rings. The lowest BCUT2D eigenvalue weighted by atomic mass is 10.2. The molecule has 0 radical (unpaired) electrons. The van der Waals surface area contributed by atoms with Gasteiger partial charge in [0.15, 0.2) is 0 Å². The number of thioether (sulfide) groups is 1. The lowest BCUT2D eigenvalue weighted by molar-refractivity contribution is 0.0491. The number of ether oxygens (including phenoxy) is 1. The van der Waals surface area contributed by atoms with Gasteiger partial charge in [0, 0.05) is 24.9 Å². The van der Waals surface area contributed by atoms with Crippen molar-refractivity contribution in [1.29, 1.82) is 0 Å². The smallest absolute Gasteiger partial charge is 0.254 e. The summed E-state index contributed by atoms with van der Waals surface area (Å²) < 4.78 is 11.1. The van der Waals surface area contributed by atoms with Crippen LogP contribution in [0.5, 0.6) is 0 Å². The van der Waals surface area contributed by atoms with E-state index in [0.29, 0.717) is 18.7 Å². The maximum Gasteiger partial charge on any atom is 0.254 e. The molecule has 2 aromatic rings. The fourth-order valence-electron chi connectivity index (χ4n) is 2.68. The molecule has 3 rings (SSSR count). The van der Waals surface area contributed by atoms with Gasteiger partial charge in [0.25, 0.3) is 5.91 Å². The topological polar surface area (TPSA) is 55.6 Å². The normalized spacial score (nSPS) is 17.3. The summed E-state index contributed by atoms with van der Waals surface area (Å²) >= 11 is 1.53. The van der Waals surface area contributed by atoms with Crippen LogP contribution in [0.2, 0.25) is 0 Å². The number of rotatable bonds is 6. The van der Waals surface area contributed by atoms with Crippen molar-refractivity contribution in [3.63, 3.8) is 0 Å². The van der Waals surface area contributed by atoms with Crippen molar-refractivity contribution in [2.45, 2.75) is 30.5 Å². The van der Waals surface area contributed by atoms with Crippen LogP contribution in [-0.2, 0) is 11.3 Å². The molecule has 0 N–H and O–H groups in total. The zero-order valence-electron chi connectivity index (χ0n) is 13.1. The van der Waals surface area contributed by atoms with Crippen molar-refractivity contribution in [2.24, 2.45) is 0 Å². The number of carbonyl (C=O) groups excluding carboxylic acids is 1. The van der Waals surface area contributed by atoms with Gasteiger partial charge in [-0.15, -0.1) is 11.8 Å². The molecule has 0 aliphatic carbocycles. The first-order valence-corrected chi connectivity index (χ1v) is 8.92. The van der Waals surface area contributed by atoms with Crippen LogP contribution in [-0.4, -0.2) is 41.3 Å². The summed E-state index contributed by atoms with van der Waals surface area (Å²) in [7, 11) is 0. The fourth-order valence-corrected chi connectivity index (χ4v) is 3.09. The van der Waals surface area contributed by atoms with E-state index in [1.165, 1.54) is 11.8 Å². The highest BCUT2D eigenvalue weighted by atomic mass is 32.2. The van der Waals surface area contributed by atoms with Crippen LogP contribution in [0.15, 0.2) is 46.2 Å². The van der Waals surface area contributed by atoms with Gasteiger partial charge in [-0.2, -0.15) is 0 Å². The van der Waals surface area contributed by atoms with Crippen molar-refractivity contribution in [3.05, 3.63) is 48.0 Å². The largest absolute Gasteiger partial charge is 0.467 e. The molecule has 1 atom stereocenters. The molecular weight excluding hydrogens is 312 g/mol. The molecule has 0 saturated carbocycles. The Hall–Kier alpha value is -1.79. The minimum Gasteiger partial charge on any atom is -0.467 e. The van der Waals surface area contributed by atoms with Crippen LogP contribution in [0.4, 0.5) is 0 Å². The summed E-state index contributed by atoms with van der Waals surface area (Å²) in [6.07, 6.45) is 7.41. The molecule has 1 amide bonds. The molecule has 0 aromatic carbocycles. The van der Waals surface area contributed by atoms with Gasteiger partial charge in [0.2, 0.25) is 0 Å². The fraction of sp³-hybridized carbons (Fsp3) is 0.412. The second-order valence-corrected chi connectivity index (χ2v) is 6.31. The first-order chi connectivity index (χ1) is 11.3. The third-order valence-electron chi connectivity index (χ3n) is 3.85. The Bertz CT molecular complexity index is 639. The minimum atomic E-state index is -0.0189. The number of furan rings is 1. The number of hydrogen-bond donors (Lipinski definition) is 0. The first kappa shape index (κ1) is 16.1. The summed E-state index contributed by atoms with van der Waals surface area (Å²) in [5.41, 5.74) is 0.647. The van der Waals surface area contributed by atoms with Crippen molar-refractivity contribution >= 4 is 17.7 Å². The zero-order chi connectivity index (χ0) is 16.1. The lowest BCUT2D eigenvalue weighted by Gasteiger charge is -2.24. The Kier molecular flexibility index (Phi) is 5.35. The van der Waals surface area contributed by atoms with E-state index in [1.54, 1.807) is 23.4 Å². The highest BCUT2D eigenvalue weighted by molar-refractivity contribution is 7.98. The van der Waals surface area contributed by atoms with E-state index >= 15 is 0 Å². The summed E-state index contributed by atoms with van der Waals surface area (Å²) in [4.78, 5) is 18.9. The van der Waals surface area contributed by atoms with Crippen molar-refractivity contribution in [1.82, 2.24) is 9.88 Å². The third-order valence-corrected chi connectivity index (χ3v) is 4.49. The molecule has 23 heavy (non-hydrogen) atoms. The molecule has 0 spiro atoms. The van der Waals surface area contributed by atoms with Crippen molar-refractivity contribution in [2.75, 3.05) is 19.4 Å². The molecule has 3 heterocycles. The number of aromatic nitrogens is 1. The van der Waals surface area contributed by atoms with E-state index in [1.807, 2.05) is 24.5 Å². The van der Waals surface area contributed by atoms with Gasteiger partial charge in [-0.3, -0.25) is 4.79 Å². The zero-order valence-corrected chi connectivity index (χ0v) is 13.9. The van der Waals surface area contributed by atoms with Gasteiger partial charge < -0.3 is 14.1 Å². The monoisotopic (exact) mass is 332 g/mol. The molecule has 5 nitrogen and oxygen atoms in total. The molecular formula is C17H20N2O3S. The Labute approximate surface area is 140 Å². The predicted molar refractivity (Wildman–Crippen MR) is 88.4 cm³/mol. The van der Waals surface area contributed by atoms with Crippen LogP contribution in [0.25, 0.3) is 0 Å². The SMILES string of the molecule is CSc1cc(C(=O)N(Cc2ccco2)CC2CCCO2)ccn1. The van der Waals surface area contributed by atoms with E-state index in [2.05, 4.69) is 4.98 Å². The number of nitrogens with zero attached hydrogens (tertiary/aromatic N) is 2. The summed E-state index contributed by atoms with van der Waals surface area (Å²) in [6, 6.07) is 7.31. The van der Waals surface area contributed by atoms with Gasteiger partial charge in [0.1, 0.15) is 5.76 Å². The Balaban J connectivity index is 1.78. The van der Waals surface area contributed by atoms with Crippen molar-refractivity contribution < 1.29 is 13.9 Å². The molecule has 6 heteroatoms. The number of pyridine rings is 1. The van der Waals surface area contributed by atoms with E-state index in [9.17, 15) is 4.79 Å². The molecule has 122 valence electrons. The number of amides is 1. The van der Waals surface area contributed by atoms with E-state index < -0.39 is 0 Å². The molecule has 1 fully saturated rings. The van der Waals surface area contributed by atoms with Crippen LogP contribution >= 0.6 is 11.8 Å². The van der Waals surface area contributed by atoms with Gasteiger partial charge in [-0.25, -0.2) is 4.98 Å². The predicted octanol–water partition coefficient (Wildman–Crippen LogP) is 3.22. The van der Waals surface area contributed by atoms with Crippen LogP contribution < -0.4 is 0 Å². The quantitative estimate of drug-likeness (QED) is 0.760. The maximum absolute atomic E-state index is 12.9. The lowest BCUT2D eigenvalue weighted by Crippen LogP contribution is -2.36. The van der Waals surface area contributed by atoms with E-state index in [4.69, 9.17) is 9.15 Å². The standard InChI is InChI=1S/C17H20N2O3S/c1-23-16-10-13(6-7-18-16)17(20)19(11-14-4-2-8-21-14)12-15-5-3-9-22-15/h2,4,6-8,10,15H,3,5,9,11-12H2,1H3. The van der Waals surface area contributed by atoms with E-state index in [-0.39, 0.29) is 12.0 Å². The third kappa shape index (κ3) is 4.14. The Morgan fingerprint density at radius 3 is 3.09 bits per heavy atom. The Morgan fingerprint density at radius 1 is 1.48 bits per heavy atom. The summed E-state index contributed by atoms with van der Waals surface area (Å²) in [6.45, 7) is 1.80. The van der Waals surface area contributed by atoms with Crippen LogP contribution in [0, 0.1) is 0 Å². The molecule has 0 bridgehead atoms. The molecule has 1 saturated heterocycles. The summed E-state index contributed by atoms with van der Waals surface area (Å²) in [5.74, 6) is 0.755. The molecule has 1 aliphatic heterocycles. The summed E-state index contributed by atoms with van der Waals surface area (Å²) in [5, 5.41) is 0.839. The maximum atomic E-state index is 12.9. The first-order valence-electron chi connectivity index (χ1n) is 7.69. The van der Waals surface area contributed by atoms with Gasteiger partial charge in [0.05, 0.1) is 23.9 Å². The molecule has 2 aromatic heterocycles.